The van der Waals surface area contributed by atoms with Gasteiger partial charge in [0, 0.05) is 24.3 Å². The largest absolute Gasteiger partial charge is 0.352 e. The van der Waals surface area contributed by atoms with Gasteiger partial charge in [-0.25, -0.2) is 0 Å². The Balaban J connectivity index is 1.85. The van der Waals surface area contributed by atoms with Gasteiger partial charge in [0.25, 0.3) is 0 Å². The fraction of sp³-hybridized carbons (Fsp3) is 0.571. The van der Waals surface area contributed by atoms with Crippen molar-refractivity contribution >= 4 is 29.1 Å². The molecule has 2 rings (SSSR count). The van der Waals surface area contributed by atoms with Crippen molar-refractivity contribution in [3.8, 4) is 0 Å². The molecule has 0 heterocycles. The lowest BCUT2D eigenvalue weighted by atomic mass is 9.95. The molecule has 3 N–H and O–H groups in total. The lowest BCUT2D eigenvalue weighted by molar-refractivity contribution is -0.128. The fourth-order valence-electron chi connectivity index (χ4n) is 3.48. The van der Waals surface area contributed by atoms with Crippen LogP contribution in [0.15, 0.2) is 24.3 Å². The molecule has 0 radical (unpaired) electrons. The van der Waals surface area contributed by atoms with Crippen molar-refractivity contribution in [3.63, 3.8) is 0 Å². The first-order valence-corrected chi connectivity index (χ1v) is 10.1. The molecule has 0 saturated heterocycles. The number of nitrogens with zero attached hydrogens (tertiary/aromatic N) is 1. The van der Waals surface area contributed by atoms with Crippen LogP contribution >= 0.6 is 0 Å². The molecule has 7 heteroatoms. The quantitative estimate of drug-likeness (QED) is 0.639. The fourth-order valence-corrected chi connectivity index (χ4v) is 3.48. The number of likely N-dealkylation sites (N-methyl/N-ethyl adjacent to an activating group) is 1. The summed E-state index contributed by atoms with van der Waals surface area (Å²) < 4.78 is 0. The van der Waals surface area contributed by atoms with Crippen molar-refractivity contribution in [2.75, 3.05) is 23.7 Å². The van der Waals surface area contributed by atoms with E-state index in [2.05, 4.69) is 16.0 Å². The first-order chi connectivity index (χ1) is 13.4. The van der Waals surface area contributed by atoms with Gasteiger partial charge < -0.3 is 16.0 Å². The van der Waals surface area contributed by atoms with Crippen LogP contribution in [0.2, 0.25) is 0 Å². The van der Waals surface area contributed by atoms with E-state index in [0.29, 0.717) is 17.9 Å². The number of amides is 3. The Kier molecular flexibility index (Phi) is 8.44. The molecule has 1 aromatic carbocycles. The molecule has 1 aliphatic carbocycles. The summed E-state index contributed by atoms with van der Waals surface area (Å²) in [6.07, 6.45) is 5.66. The summed E-state index contributed by atoms with van der Waals surface area (Å²) in [5.74, 6) is -0.330. The second kappa shape index (κ2) is 10.8. The molecular formula is C21H32N4O3. The van der Waals surface area contributed by atoms with Crippen molar-refractivity contribution in [2.45, 2.75) is 65.0 Å². The summed E-state index contributed by atoms with van der Waals surface area (Å²) in [5, 5.41) is 8.65. The van der Waals surface area contributed by atoms with E-state index >= 15 is 0 Å². The molecule has 1 saturated carbocycles. The van der Waals surface area contributed by atoms with Crippen LogP contribution in [0, 0.1) is 0 Å². The summed E-state index contributed by atoms with van der Waals surface area (Å²) in [6.45, 7) is 5.98. The van der Waals surface area contributed by atoms with E-state index in [1.807, 2.05) is 18.7 Å². The maximum Gasteiger partial charge on any atom is 0.238 e. The first-order valence-electron chi connectivity index (χ1n) is 10.1. The van der Waals surface area contributed by atoms with Crippen molar-refractivity contribution in [1.82, 2.24) is 10.2 Å². The van der Waals surface area contributed by atoms with Crippen molar-refractivity contribution in [1.29, 1.82) is 0 Å². The summed E-state index contributed by atoms with van der Waals surface area (Å²) >= 11 is 0. The number of hydrogen-bond acceptors (Lipinski definition) is 4. The van der Waals surface area contributed by atoms with Gasteiger partial charge in [-0.05, 0) is 50.6 Å². The van der Waals surface area contributed by atoms with Crippen LogP contribution in [-0.2, 0) is 14.4 Å². The van der Waals surface area contributed by atoms with Gasteiger partial charge in [0.05, 0.1) is 12.6 Å². The molecule has 1 unspecified atom stereocenters. The van der Waals surface area contributed by atoms with Gasteiger partial charge in [0.1, 0.15) is 0 Å². The van der Waals surface area contributed by atoms with Gasteiger partial charge in [-0.15, -0.1) is 0 Å². The van der Waals surface area contributed by atoms with Crippen LogP contribution in [-0.4, -0.2) is 47.8 Å². The smallest absolute Gasteiger partial charge is 0.238 e. The van der Waals surface area contributed by atoms with E-state index in [4.69, 9.17) is 0 Å². The van der Waals surface area contributed by atoms with E-state index < -0.39 is 0 Å². The Morgan fingerprint density at radius 3 is 2.14 bits per heavy atom. The monoisotopic (exact) mass is 388 g/mol. The molecule has 154 valence electrons. The van der Waals surface area contributed by atoms with Gasteiger partial charge in [-0.2, -0.15) is 0 Å². The zero-order valence-electron chi connectivity index (χ0n) is 17.1. The summed E-state index contributed by atoms with van der Waals surface area (Å²) in [7, 11) is 0. The number of carbonyl (C=O) groups excluding carboxylic acids is 3. The highest BCUT2D eigenvalue weighted by atomic mass is 16.2. The zero-order valence-corrected chi connectivity index (χ0v) is 17.1. The van der Waals surface area contributed by atoms with E-state index in [9.17, 15) is 14.4 Å². The predicted molar refractivity (Wildman–Crippen MR) is 111 cm³/mol. The molecule has 1 fully saturated rings. The lowest BCUT2D eigenvalue weighted by Gasteiger charge is -2.29. The molecule has 7 nitrogen and oxygen atoms in total. The zero-order chi connectivity index (χ0) is 20.5. The van der Waals surface area contributed by atoms with Gasteiger partial charge in [0.15, 0.2) is 0 Å². The molecule has 0 aromatic heterocycles. The van der Waals surface area contributed by atoms with Crippen LogP contribution in [0.1, 0.15) is 52.9 Å². The molecule has 28 heavy (non-hydrogen) atoms. The predicted octanol–water partition coefficient (Wildman–Crippen LogP) is 2.74. The number of anilines is 2. The Morgan fingerprint density at radius 2 is 1.61 bits per heavy atom. The van der Waals surface area contributed by atoms with Gasteiger partial charge in [0.2, 0.25) is 17.7 Å². The summed E-state index contributed by atoms with van der Waals surface area (Å²) in [4.78, 5) is 37.9. The summed E-state index contributed by atoms with van der Waals surface area (Å²) in [6, 6.07) is 6.83. The van der Waals surface area contributed by atoms with Crippen LogP contribution < -0.4 is 16.0 Å². The van der Waals surface area contributed by atoms with Gasteiger partial charge in [-0.3, -0.25) is 19.3 Å². The summed E-state index contributed by atoms with van der Waals surface area (Å²) in [5.41, 5.74) is 1.32. The van der Waals surface area contributed by atoms with E-state index in [1.54, 1.807) is 24.3 Å². The van der Waals surface area contributed by atoms with Crippen molar-refractivity contribution in [2.24, 2.45) is 0 Å². The second-order valence-electron chi connectivity index (χ2n) is 7.39. The standard InChI is InChI=1S/C21H32N4O3/c1-4-25(15(2)21(28)24-17-8-6-5-7-9-17)14-20(27)23-19-12-10-18(11-13-19)22-16(3)26/h10-13,15,17H,4-9,14H2,1-3H3,(H,22,26)(H,23,27)(H,24,28). The molecule has 3 amide bonds. The SMILES string of the molecule is CCN(CC(=O)Nc1ccc(NC(C)=O)cc1)C(C)C(=O)NC1CCCCC1. The molecule has 1 aliphatic rings. The molecule has 1 aromatic rings. The van der Waals surface area contributed by atoms with E-state index in [1.165, 1.54) is 26.2 Å². The van der Waals surface area contributed by atoms with Crippen LogP contribution in [0.4, 0.5) is 11.4 Å². The topological polar surface area (TPSA) is 90.5 Å². The highest BCUT2D eigenvalue weighted by Crippen LogP contribution is 2.18. The first kappa shape index (κ1) is 21.9. The highest BCUT2D eigenvalue weighted by molar-refractivity contribution is 5.93. The number of rotatable bonds is 8. The number of carbonyl (C=O) groups is 3. The highest BCUT2D eigenvalue weighted by Gasteiger charge is 2.25. The number of benzene rings is 1. The normalized spacial score (nSPS) is 15.7. The molecule has 1 atom stereocenters. The molecular weight excluding hydrogens is 356 g/mol. The van der Waals surface area contributed by atoms with Crippen molar-refractivity contribution < 1.29 is 14.4 Å². The van der Waals surface area contributed by atoms with E-state index in [-0.39, 0.29) is 36.3 Å². The Hall–Kier alpha value is -2.41. The Bertz CT molecular complexity index is 669. The van der Waals surface area contributed by atoms with Gasteiger partial charge in [-0.1, -0.05) is 26.2 Å². The van der Waals surface area contributed by atoms with Crippen LogP contribution in [0.25, 0.3) is 0 Å². The Labute approximate surface area is 167 Å². The van der Waals surface area contributed by atoms with Crippen molar-refractivity contribution in [3.05, 3.63) is 24.3 Å². The van der Waals surface area contributed by atoms with E-state index in [0.717, 1.165) is 12.8 Å². The molecule has 0 bridgehead atoms. The molecule has 0 aliphatic heterocycles. The van der Waals surface area contributed by atoms with Crippen LogP contribution in [0.5, 0.6) is 0 Å². The third kappa shape index (κ3) is 6.96. The van der Waals surface area contributed by atoms with Crippen LogP contribution in [0.3, 0.4) is 0 Å². The molecule has 0 spiro atoms. The Morgan fingerprint density at radius 1 is 1.04 bits per heavy atom. The minimum atomic E-state index is -0.361. The van der Waals surface area contributed by atoms with Gasteiger partial charge >= 0.3 is 0 Å². The maximum atomic E-state index is 12.6. The maximum absolute atomic E-state index is 12.6. The number of hydrogen-bond donors (Lipinski definition) is 3. The third-order valence-electron chi connectivity index (χ3n) is 5.12. The second-order valence-corrected chi connectivity index (χ2v) is 7.39. The number of nitrogens with one attached hydrogen (secondary N) is 3. The average molecular weight is 389 g/mol. The minimum Gasteiger partial charge on any atom is -0.352 e. The third-order valence-corrected chi connectivity index (χ3v) is 5.12. The minimum absolute atomic E-state index is 0.0128. The lowest BCUT2D eigenvalue weighted by Crippen LogP contribution is -2.50. The average Bonchev–Trinajstić information content (AvgIpc) is 2.67.